The van der Waals surface area contributed by atoms with E-state index in [1.54, 1.807) is 0 Å². The van der Waals surface area contributed by atoms with Gasteiger partial charge in [0.05, 0.1) is 6.04 Å². The minimum absolute atomic E-state index is 0.0414. The first-order valence-electron chi connectivity index (χ1n) is 8.88. The van der Waals surface area contributed by atoms with E-state index in [-0.39, 0.29) is 31.1 Å². The molecule has 2 aromatic carbocycles. The van der Waals surface area contributed by atoms with Crippen molar-refractivity contribution in [3.8, 4) is 5.75 Å². The number of carbonyl (C=O) groups is 1. The molecule has 2 aromatic rings. The zero-order valence-electron chi connectivity index (χ0n) is 15.4. The van der Waals surface area contributed by atoms with Gasteiger partial charge in [-0.1, -0.05) is 6.58 Å². The molecule has 152 valence electrons. The molecular formula is C21H18F4N2O2. The van der Waals surface area contributed by atoms with Crippen molar-refractivity contribution < 1.29 is 27.1 Å². The molecular weight excluding hydrogens is 388 g/mol. The van der Waals surface area contributed by atoms with Crippen LogP contribution in [0, 0.1) is 23.3 Å². The van der Waals surface area contributed by atoms with Crippen molar-refractivity contribution in [3.63, 3.8) is 0 Å². The van der Waals surface area contributed by atoms with Crippen molar-refractivity contribution in [2.45, 2.75) is 25.3 Å². The molecule has 1 aliphatic rings. The highest BCUT2D eigenvalue weighted by atomic mass is 19.1. The topological polar surface area (TPSA) is 41.9 Å². The first kappa shape index (κ1) is 20.6. The molecule has 1 heterocycles. The minimum atomic E-state index is -0.828. The maximum Gasteiger partial charge on any atom is 0.243 e. The van der Waals surface area contributed by atoms with Crippen molar-refractivity contribution in [2.75, 3.05) is 6.61 Å². The van der Waals surface area contributed by atoms with Crippen molar-refractivity contribution in [3.05, 3.63) is 77.4 Å². The van der Waals surface area contributed by atoms with Gasteiger partial charge in [-0.3, -0.25) is 4.79 Å². The Hall–Kier alpha value is -3.16. The average Bonchev–Trinajstić information content (AvgIpc) is 3.14. The molecule has 3 rings (SSSR count). The van der Waals surface area contributed by atoms with Crippen LogP contribution in [0.25, 0.3) is 0 Å². The third kappa shape index (κ3) is 5.22. The summed E-state index contributed by atoms with van der Waals surface area (Å²) < 4.78 is 58.7. The van der Waals surface area contributed by atoms with E-state index in [4.69, 9.17) is 4.74 Å². The van der Waals surface area contributed by atoms with Crippen LogP contribution >= 0.6 is 0 Å². The van der Waals surface area contributed by atoms with Gasteiger partial charge in [-0.15, -0.1) is 0 Å². The summed E-state index contributed by atoms with van der Waals surface area (Å²) in [5, 5.41) is 5.21. The molecule has 0 N–H and O–H groups in total. The average molecular weight is 406 g/mol. The quantitative estimate of drug-likeness (QED) is 0.484. The molecule has 1 atom stereocenters. The Morgan fingerprint density at radius 2 is 1.79 bits per heavy atom. The molecule has 0 saturated carbocycles. The lowest BCUT2D eigenvalue weighted by Crippen LogP contribution is -2.27. The van der Waals surface area contributed by atoms with Gasteiger partial charge in [0.25, 0.3) is 0 Å². The molecule has 0 aromatic heterocycles. The molecule has 4 nitrogen and oxygen atoms in total. The largest absolute Gasteiger partial charge is 0.486 e. The first-order valence-corrected chi connectivity index (χ1v) is 8.88. The zero-order chi connectivity index (χ0) is 21.0. The molecule has 0 radical (unpaired) electrons. The second kappa shape index (κ2) is 8.89. The highest BCUT2D eigenvalue weighted by Crippen LogP contribution is 2.30. The standard InChI is InChI=1S/C21H18F4N2O2/c1-13(12-29-20-4-3-15(22)11-18(20)25)2-5-21(28)27-19(6-7-26-27)14-8-16(23)10-17(24)9-14/h3-4,7-11,19H,1-2,5-6,12H2. The third-order valence-corrected chi connectivity index (χ3v) is 4.37. The zero-order valence-corrected chi connectivity index (χ0v) is 15.4. The Kier molecular flexibility index (Phi) is 6.31. The van der Waals surface area contributed by atoms with Gasteiger partial charge >= 0.3 is 0 Å². The van der Waals surface area contributed by atoms with E-state index in [0.29, 0.717) is 23.6 Å². The number of hydrazone groups is 1. The van der Waals surface area contributed by atoms with Crippen LogP contribution in [0.2, 0.25) is 0 Å². The molecule has 1 aliphatic heterocycles. The number of benzene rings is 2. The van der Waals surface area contributed by atoms with Crippen molar-refractivity contribution in [1.29, 1.82) is 0 Å². The van der Waals surface area contributed by atoms with E-state index in [1.165, 1.54) is 29.4 Å². The summed E-state index contributed by atoms with van der Waals surface area (Å²) in [6, 6.07) is 5.49. The maximum atomic E-state index is 13.6. The Morgan fingerprint density at radius 3 is 2.48 bits per heavy atom. The molecule has 0 bridgehead atoms. The third-order valence-electron chi connectivity index (χ3n) is 4.37. The van der Waals surface area contributed by atoms with Gasteiger partial charge < -0.3 is 4.74 Å². The van der Waals surface area contributed by atoms with Crippen molar-refractivity contribution in [2.24, 2.45) is 5.10 Å². The lowest BCUT2D eigenvalue weighted by molar-refractivity contribution is -0.133. The second-order valence-corrected chi connectivity index (χ2v) is 6.60. The van der Waals surface area contributed by atoms with E-state index in [9.17, 15) is 22.4 Å². The normalized spacial score (nSPS) is 15.6. The van der Waals surface area contributed by atoms with Crippen LogP contribution in [0.15, 0.2) is 53.7 Å². The SMILES string of the molecule is C=C(CCC(=O)N1N=CCC1c1cc(F)cc(F)c1)COc1ccc(F)cc1F. The van der Waals surface area contributed by atoms with Crippen molar-refractivity contribution >= 4 is 12.1 Å². The van der Waals surface area contributed by atoms with Crippen LogP contribution in [0.1, 0.15) is 30.9 Å². The van der Waals surface area contributed by atoms with Crippen LogP contribution < -0.4 is 4.74 Å². The number of carbonyl (C=O) groups excluding carboxylic acids is 1. The minimum Gasteiger partial charge on any atom is -0.486 e. The number of hydrogen-bond donors (Lipinski definition) is 0. The number of ether oxygens (including phenoxy) is 1. The molecule has 1 unspecified atom stereocenters. The fourth-order valence-electron chi connectivity index (χ4n) is 2.94. The van der Waals surface area contributed by atoms with Gasteiger partial charge in [0.15, 0.2) is 11.6 Å². The fourth-order valence-corrected chi connectivity index (χ4v) is 2.94. The van der Waals surface area contributed by atoms with Gasteiger partial charge in [0.1, 0.15) is 24.1 Å². The van der Waals surface area contributed by atoms with Crippen LogP contribution in [-0.4, -0.2) is 23.7 Å². The van der Waals surface area contributed by atoms with Gasteiger partial charge in [-0.25, -0.2) is 22.6 Å². The monoisotopic (exact) mass is 406 g/mol. The van der Waals surface area contributed by atoms with Crippen LogP contribution in [0.3, 0.4) is 0 Å². The highest BCUT2D eigenvalue weighted by Gasteiger charge is 2.28. The molecule has 0 spiro atoms. The summed E-state index contributed by atoms with van der Waals surface area (Å²) in [5.41, 5.74) is 0.848. The van der Waals surface area contributed by atoms with Gasteiger partial charge in [0, 0.05) is 31.2 Å². The smallest absolute Gasteiger partial charge is 0.243 e. The number of amides is 1. The Morgan fingerprint density at radius 1 is 1.07 bits per heavy atom. The summed E-state index contributed by atoms with van der Waals surface area (Å²) in [6.07, 6.45) is 2.15. The number of rotatable bonds is 7. The summed E-state index contributed by atoms with van der Waals surface area (Å²) in [6.45, 7) is 3.74. The number of hydrogen-bond acceptors (Lipinski definition) is 3. The summed E-state index contributed by atoms with van der Waals surface area (Å²) in [7, 11) is 0. The lowest BCUT2D eigenvalue weighted by atomic mass is 10.0. The van der Waals surface area contributed by atoms with E-state index < -0.39 is 29.3 Å². The van der Waals surface area contributed by atoms with Gasteiger partial charge in [-0.2, -0.15) is 5.10 Å². The maximum absolute atomic E-state index is 13.6. The molecule has 0 aliphatic carbocycles. The van der Waals surface area contributed by atoms with Crippen LogP contribution in [0.5, 0.6) is 5.75 Å². The summed E-state index contributed by atoms with van der Waals surface area (Å²) in [4.78, 5) is 12.5. The van der Waals surface area contributed by atoms with E-state index in [1.807, 2.05) is 0 Å². The highest BCUT2D eigenvalue weighted by molar-refractivity contribution is 5.80. The second-order valence-electron chi connectivity index (χ2n) is 6.60. The van der Waals surface area contributed by atoms with E-state index in [2.05, 4.69) is 11.7 Å². The Labute approximate surface area is 165 Å². The van der Waals surface area contributed by atoms with Crippen molar-refractivity contribution in [1.82, 2.24) is 5.01 Å². The fraction of sp³-hybridized carbons (Fsp3) is 0.238. The Balaban J connectivity index is 1.54. The van der Waals surface area contributed by atoms with Gasteiger partial charge in [0.2, 0.25) is 5.91 Å². The van der Waals surface area contributed by atoms with Crippen LogP contribution in [-0.2, 0) is 4.79 Å². The molecule has 29 heavy (non-hydrogen) atoms. The molecule has 1 amide bonds. The number of nitrogens with zero attached hydrogens (tertiary/aromatic N) is 2. The van der Waals surface area contributed by atoms with E-state index in [0.717, 1.165) is 12.1 Å². The summed E-state index contributed by atoms with van der Waals surface area (Å²) >= 11 is 0. The first-order chi connectivity index (χ1) is 13.8. The molecule has 0 saturated heterocycles. The van der Waals surface area contributed by atoms with Gasteiger partial charge in [-0.05, 0) is 41.8 Å². The predicted octanol–water partition coefficient (Wildman–Crippen LogP) is 4.92. The van der Waals surface area contributed by atoms with E-state index >= 15 is 0 Å². The summed E-state index contributed by atoms with van der Waals surface area (Å²) in [5.74, 6) is -3.45. The molecule has 8 heteroatoms. The number of halogens is 4. The molecule has 0 fully saturated rings. The lowest BCUT2D eigenvalue weighted by Gasteiger charge is -2.22. The Bertz CT molecular complexity index is 941. The van der Waals surface area contributed by atoms with Crippen LogP contribution in [0.4, 0.5) is 17.6 Å². The predicted molar refractivity (Wildman–Crippen MR) is 99.3 cm³/mol.